The van der Waals surface area contributed by atoms with Gasteiger partial charge in [-0.2, -0.15) is 0 Å². The zero-order valence-corrected chi connectivity index (χ0v) is 14.6. The smallest absolute Gasteiger partial charge is 0.315 e. The van der Waals surface area contributed by atoms with Crippen molar-refractivity contribution in [2.75, 3.05) is 6.61 Å². The number of hydrogen-bond acceptors (Lipinski definition) is 5. The Labute approximate surface area is 148 Å². The number of hydrogen-bond donors (Lipinski definition) is 0. The molecule has 136 valence electrons. The molecular weight excluding hydrogens is 320 g/mol. The monoisotopic (exact) mass is 346 g/mol. The van der Waals surface area contributed by atoms with E-state index in [0.29, 0.717) is 36.2 Å². The van der Waals surface area contributed by atoms with Gasteiger partial charge in [-0.3, -0.25) is 9.59 Å². The lowest BCUT2D eigenvalue weighted by molar-refractivity contribution is -0.200. The molecular formula is C20H26O5. The molecule has 1 aliphatic heterocycles. The molecule has 1 saturated heterocycles. The van der Waals surface area contributed by atoms with E-state index in [9.17, 15) is 9.59 Å². The summed E-state index contributed by atoms with van der Waals surface area (Å²) >= 11 is 0. The van der Waals surface area contributed by atoms with Crippen molar-refractivity contribution >= 4 is 11.9 Å². The zero-order valence-electron chi connectivity index (χ0n) is 14.6. The summed E-state index contributed by atoms with van der Waals surface area (Å²) in [6.45, 7) is 2.10. The third-order valence-electron chi connectivity index (χ3n) is 7.31. The van der Waals surface area contributed by atoms with E-state index in [1.54, 1.807) is 0 Å². The zero-order chi connectivity index (χ0) is 17.1. The summed E-state index contributed by atoms with van der Waals surface area (Å²) < 4.78 is 17.0. The molecule has 9 unspecified atom stereocenters. The van der Waals surface area contributed by atoms with Gasteiger partial charge < -0.3 is 14.2 Å². The summed E-state index contributed by atoms with van der Waals surface area (Å²) in [7, 11) is 0. The van der Waals surface area contributed by atoms with Gasteiger partial charge >= 0.3 is 11.9 Å². The maximum Gasteiger partial charge on any atom is 0.315 e. The minimum Gasteiger partial charge on any atom is -0.461 e. The summed E-state index contributed by atoms with van der Waals surface area (Å²) in [6, 6.07) is 0. The van der Waals surface area contributed by atoms with Crippen LogP contribution in [-0.2, 0) is 23.8 Å². The van der Waals surface area contributed by atoms with E-state index in [1.807, 2.05) is 0 Å². The van der Waals surface area contributed by atoms with Crippen LogP contribution in [0.25, 0.3) is 0 Å². The predicted molar refractivity (Wildman–Crippen MR) is 88.0 cm³/mol. The van der Waals surface area contributed by atoms with Gasteiger partial charge in [0, 0.05) is 19.3 Å². The molecule has 1 heterocycles. The van der Waals surface area contributed by atoms with Gasteiger partial charge in [0.15, 0.2) is 0 Å². The Hall–Kier alpha value is -1.36. The van der Waals surface area contributed by atoms with Crippen molar-refractivity contribution < 1.29 is 23.8 Å². The third kappa shape index (κ3) is 2.38. The Bertz CT molecular complexity index is 607. The minimum absolute atomic E-state index is 0.212. The van der Waals surface area contributed by atoms with Crippen molar-refractivity contribution in [3.8, 4) is 0 Å². The van der Waals surface area contributed by atoms with Gasteiger partial charge in [0.1, 0.15) is 6.10 Å². The number of rotatable bonds is 3. The van der Waals surface area contributed by atoms with Crippen molar-refractivity contribution in [2.24, 2.45) is 41.4 Å². The summed E-state index contributed by atoms with van der Waals surface area (Å²) in [5, 5.41) is 0. The topological polar surface area (TPSA) is 61.8 Å². The highest BCUT2D eigenvalue weighted by Gasteiger charge is 2.67. The van der Waals surface area contributed by atoms with Gasteiger partial charge in [0.25, 0.3) is 0 Å². The van der Waals surface area contributed by atoms with Crippen molar-refractivity contribution in [2.45, 2.75) is 51.4 Å². The first-order valence-electron chi connectivity index (χ1n) is 9.81. The van der Waals surface area contributed by atoms with Crippen LogP contribution in [0.4, 0.5) is 0 Å². The summed E-state index contributed by atoms with van der Waals surface area (Å²) in [5.74, 6) is 2.14. The van der Waals surface area contributed by atoms with Crippen LogP contribution in [0.5, 0.6) is 0 Å². The Balaban J connectivity index is 1.38. The summed E-state index contributed by atoms with van der Waals surface area (Å²) in [4.78, 5) is 24.7. The molecule has 5 heteroatoms. The lowest BCUT2D eigenvalue weighted by Gasteiger charge is -2.40. The lowest BCUT2D eigenvalue weighted by Crippen LogP contribution is -2.46. The number of carbonyl (C=O) groups excluding carboxylic acids is 2. The van der Waals surface area contributed by atoms with Crippen LogP contribution in [0.1, 0.15) is 39.0 Å². The van der Waals surface area contributed by atoms with E-state index in [0.717, 1.165) is 25.7 Å². The van der Waals surface area contributed by atoms with Crippen LogP contribution in [0.2, 0.25) is 0 Å². The van der Waals surface area contributed by atoms with Gasteiger partial charge in [-0.25, -0.2) is 0 Å². The van der Waals surface area contributed by atoms with E-state index < -0.39 is 6.29 Å². The summed E-state index contributed by atoms with van der Waals surface area (Å²) in [6.07, 6.45) is 8.99. The SMILES string of the molecule is CC(=O)OC1C2CC(C1C(=O)OC1CCCCO1)C1C3C=CC(C3)C21. The molecule has 5 nitrogen and oxygen atoms in total. The van der Waals surface area contributed by atoms with Crippen molar-refractivity contribution in [3.63, 3.8) is 0 Å². The van der Waals surface area contributed by atoms with E-state index in [4.69, 9.17) is 14.2 Å². The van der Waals surface area contributed by atoms with E-state index in [-0.39, 0.29) is 29.9 Å². The fourth-order valence-electron chi connectivity index (χ4n) is 6.66. The Kier molecular flexibility index (Phi) is 3.70. The van der Waals surface area contributed by atoms with Crippen molar-refractivity contribution in [1.29, 1.82) is 0 Å². The molecule has 0 N–H and O–H groups in total. The van der Waals surface area contributed by atoms with Crippen LogP contribution in [0.3, 0.4) is 0 Å². The molecule has 9 atom stereocenters. The van der Waals surface area contributed by atoms with E-state index >= 15 is 0 Å². The molecule has 5 aliphatic rings. The molecule has 0 aromatic heterocycles. The van der Waals surface area contributed by atoms with Crippen LogP contribution >= 0.6 is 0 Å². The minimum atomic E-state index is -0.422. The number of ether oxygens (including phenoxy) is 3. The number of esters is 2. The molecule has 3 saturated carbocycles. The van der Waals surface area contributed by atoms with Crippen LogP contribution in [-0.4, -0.2) is 30.9 Å². The molecule has 0 aromatic carbocycles. The highest BCUT2D eigenvalue weighted by molar-refractivity contribution is 5.76. The highest BCUT2D eigenvalue weighted by Crippen LogP contribution is 2.67. The maximum absolute atomic E-state index is 13.0. The van der Waals surface area contributed by atoms with Crippen LogP contribution in [0, 0.1) is 41.4 Å². The van der Waals surface area contributed by atoms with Gasteiger partial charge in [0.2, 0.25) is 6.29 Å². The maximum atomic E-state index is 13.0. The van der Waals surface area contributed by atoms with Gasteiger partial charge in [-0.15, -0.1) is 0 Å². The predicted octanol–water partition coefficient (Wildman–Crippen LogP) is 2.69. The number of carbonyl (C=O) groups is 2. The third-order valence-corrected chi connectivity index (χ3v) is 7.31. The Morgan fingerprint density at radius 2 is 1.76 bits per heavy atom. The van der Waals surface area contributed by atoms with Gasteiger partial charge in [0.05, 0.1) is 12.5 Å². The molecule has 4 bridgehead atoms. The Morgan fingerprint density at radius 3 is 2.44 bits per heavy atom. The highest BCUT2D eigenvalue weighted by atomic mass is 16.7. The molecule has 25 heavy (non-hydrogen) atoms. The first-order chi connectivity index (χ1) is 12.1. The fourth-order valence-corrected chi connectivity index (χ4v) is 6.66. The first kappa shape index (κ1) is 15.9. The average molecular weight is 346 g/mol. The second-order valence-electron chi connectivity index (χ2n) is 8.50. The van der Waals surface area contributed by atoms with Crippen molar-refractivity contribution in [1.82, 2.24) is 0 Å². The molecule has 0 aromatic rings. The van der Waals surface area contributed by atoms with Crippen molar-refractivity contribution in [3.05, 3.63) is 12.2 Å². The van der Waals surface area contributed by atoms with Gasteiger partial charge in [-0.05, 0) is 55.3 Å². The average Bonchev–Trinajstić information content (AvgIpc) is 3.33. The molecule has 5 rings (SSSR count). The normalized spacial score (nSPS) is 49.2. The molecule has 0 spiro atoms. The van der Waals surface area contributed by atoms with Gasteiger partial charge in [-0.1, -0.05) is 12.2 Å². The van der Waals surface area contributed by atoms with E-state index in [1.165, 1.54) is 13.3 Å². The molecule has 0 radical (unpaired) electrons. The second kappa shape index (κ2) is 5.83. The van der Waals surface area contributed by atoms with E-state index in [2.05, 4.69) is 12.2 Å². The fraction of sp³-hybridized carbons (Fsp3) is 0.800. The quantitative estimate of drug-likeness (QED) is 0.447. The standard InChI is InChI=1S/C20H26O5/c1-10(21)24-19-14-9-13(16-11-5-6-12(8-11)17(14)16)18(19)20(22)25-15-4-2-3-7-23-15/h5-6,11-19H,2-4,7-9H2,1H3. The molecule has 0 amide bonds. The van der Waals surface area contributed by atoms with Crippen LogP contribution < -0.4 is 0 Å². The summed E-state index contributed by atoms with van der Waals surface area (Å²) in [5.41, 5.74) is 0. The lowest BCUT2D eigenvalue weighted by atomic mass is 9.68. The molecule has 4 aliphatic carbocycles. The Morgan fingerprint density at radius 1 is 1.00 bits per heavy atom. The molecule has 4 fully saturated rings. The largest absolute Gasteiger partial charge is 0.461 e. The number of allylic oxidation sites excluding steroid dienone is 2. The van der Waals surface area contributed by atoms with Crippen LogP contribution in [0.15, 0.2) is 12.2 Å². The first-order valence-corrected chi connectivity index (χ1v) is 9.81. The number of fused-ring (bicyclic) bond motifs is 9. The second-order valence-corrected chi connectivity index (χ2v) is 8.50.